The van der Waals surface area contributed by atoms with E-state index in [1.807, 2.05) is 13.0 Å². The highest BCUT2D eigenvalue weighted by Gasteiger charge is 2.16. The molecule has 96 valence electrons. The summed E-state index contributed by atoms with van der Waals surface area (Å²) in [5.74, 6) is -0.203. The van der Waals surface area contributed by atoms with Gasteiger partial charge in [-0.1, -0.05) is 17.5 Å². The van der Waals surface area contributed by atoms with Gasteiger partial charge in [0.15, 0.2) is 0 Å². The van der Waals surface area contributed by atoms with Gasteiger partial charge in [-0.3, -0.25) is 0 Å². The van der Waals surface area contributed by atoms with Crippen LogP contribution in [0.1, 0.15) is 35.4 Å². The SMILES string of the molecule is CCCNC(c1cc(C)cc(F)c1)c1cnns1. The van der Waals surface area contributed by atoms with Gasteiger partial charge in [0.1, 0.15) is 5.82 Å². The molecule has 1 aromatic heterocycles. The van der Waals surface area contributed by atoms with E-state index < -0.39 is 0 Å². The third-order valence-corrected chi connectivity index (χ3v) is 3.39. The van der Waals surface area contributed by atoms with Gasteiger partial charge in [0.2, 0.25) is 0 Å². The van der Waals surface area contributed by atoms with E-state index in [0.717, 1.165) is 29.0 Å². The zero-order valence-electron chi connectivity index (χ0n) is 10.5. The lowest BCUT2D eigenvalue weighted by Crippen LogP contribution is -2.22. The Morgan fingerprint density at radius 1 is 1.39 bits per heavy atom. The molecule has 0 aliphatic heterocycles. The van der Waals surface area contributed by atoms with Crippen LogP contribution in [-0.2, 0) is 0 Å². The maximum atomic E-state index is 13.5. The summed E-state index contributed by atoms with van der Waals surface area (Å²) in [7, 11) is 0. The Morgan fingerprint density at radius 2 is 2.22 bits per heavy atom. The van der Waals surface area contributed by atoms with Gasteiger partial charge in [-0.2, -0.15) is 0 Å². The van der Waals surface area contributed by atoms with Crippen LogP contribution < -0.4 is 5.32 Å². The number of aromatic nitrogens is 2. The highest BCUT2D eigenvalue weighted by Crippen LogP contribution is 2.25. The molecular weight excluding hydrogens is 249 g/mol. The summed E-state index contributed by atoms with van der Waals surface area (Å²) in [5, 5.41) is 7.26. The maximum absolute atomic E-state index is 13.5. The molecule has 2 aromatic rings. The topological polar surface area (TPSA) is 37.8 Å². The van der Waals surface area contributed by atoms with E-state index in [1.54, 1.807) is 12.3 Å². The molecule has 1 heterocycles. The van der Waals surface area contributed by atoms with Gasteiger partial charge in [0.25, 0.3) is 0 Å². The molecule has 0 aliphatic carbocycles. The van der Waals surface area contributed by atoms with Crippen LogP contribution in [0.4, 0.5) is 4.39 Å². The van der Waals surface area contributed by atoms with Gasteiger partial charge in [-0.05, 0) is 54.7 Å². The molecule has 1 unspecified atom stereocenters. The minimum atomic E-state index is -0.203. The van der Waals surface area contributed by atoms with E-state index in [0.29, 0.717) is 0 Å². The first kappa shape index (κ1) is 13.1. The van der Waals surface area contributed by atoms with Crippen molar-refractivity contribution in [2.45, 2.75) is 26.3 Å². The van der Waals surface area contributed by atoms with E-state index in [-0.39, 0.29) is 11.9 Å². The van der Waals surface area contributed by atoms with Crippen molar-refractivity contribution in [1.82, 2.24) is 14.9 Å². The van der Waals surface area contributed by atoms with E-state index in [2.05, 4.69) is 21.8 Å². The van der Waals surface area contributed by atoms with Crippen LogP contribution in [0.25, 0.3) is 0 Å². The van der Waals surface area contributed by atoms with E-state index in [4.69, 9.17) is 0 Å². The summed E-state index contributed by atoms with van der Waals surface area (Å²) in [6, 6.07) is 5.07. The van der Waals surface area contributed by atoms with Crippen LogP contribution >= 0.6 is 11.5 Å². The Labute approximate surface area is 110 Å². The van der Waals surface area contributed by atoms with Crippen LogP contribution in [0.3, 0.4) is 0 Å². The number of rotatable bonds is 5. The molecule has 0 bridgehead atoms. The number of hydrogen-bond donors (Lipinski definition) is 1. The van der Waals surface area contributed by atoms with Crippen LogP contribution in [0, 0.1) is 12.7 Å². The second-order valence-corrected chi connectivity index (χ2v) is 5.09. The van der Waals surface area contributed by atoms with Gasteiger partial charge in [0, 0.05) is 0 Å². The highest BCUT2D eigenvalue weighted by atomic mass is 32.1. The predicted molar refractivity (Wildman–Crippen MR) is 71.2 cm³/mol. The third kappa shape index (κ3) is 3.11. The molecule has 0 saturated carbocycles. The van der Waals surface area contributed by atoms with Crippen LogP contribution in [0.2, 0.25) is 0 Å². The second kappa shape index (κ2) is 6.02. The van der Waals surface area contributed by atoms with Gasteiger partial charge in [-0.25, -0.2) is 4.39 Å². The van der Waals surface area contributed by atoms with Crippen molar-refractivity contribution in [1.29, 1.82) is 0 Å². The monoisotopic (exact) mass is 265 g/mol. The summed E-state index contributed by atoms with van der Waals surface area (Å²) >= 11 is 1.34. The quantitative estimate of drug-likeness (QED) is 0.902. The zero-order chi connectivity index (χ0) is 13.0. The number of hydrogen-bond acceptors (Lipinski definition) is 4. The van der Waals surface area contributed by atoms with E-state index in [9.17, 15) is 4.39 Å². The van der Waals surface area contributed by atoms with Crippen molar-refractivity contribution in [3.05, 3.63) is 46.2 Å². The highest BCUT2D eigenvalue weighted by molar-refractivity contribution is 7.05. The standard InChI is InChI=1S/C13H16FN3S/c1-3-4-15-13(12-8-16-17-18-12)10-5-9(2)6-11(14)7-10/h5-8,13,15H,3-4H2,1-2H3. The molecule has 18 heavy (non-hydrogen) atoms. The molecular formula is C13H16FN3S. The lowest BCUT2D eigenvalue weighted by atomic mass is 10.0. The Hall–Kier alpha value is -1.33. The Kier molecular flexibility index (Phi) is 4.38. The fourth-order valence-electron chi connectivity index (χ4n) is 1.90. The molecule has 1 aromatic carbocycles. The summed E-state index contributed by atoms with van der Waals surface area (Å²) in [6.45, 7) is 4.87. The van der Waals surface area contributed by atoms with Crippen molar-refractivity contribution in [2.75, 3.05) is 6.54 Å². The van der Waals surface area contributed by atoms with Gasteiger partial charge < -0.3 is 5.32 Å². The third-order valence-electron chi connectivity index (χ3n) is 2.66. The fraction of sp³-hybridized carbons (Fsp3) is 0.385. The molecule has 1 N–H and O–H groups in total. The maximum Gasteiger partial charge on any atom is 0.123 e. The molecule has 5 heteroatoms. The minimum Gasteiger partial charge on any atom is -0.305 e. The summed E-state index contributed by atoms with van der Waals surface area (Å²) < 4.78 is 17.4. The number of halogens is 1. The van der Waals surface area contributed by atoms with Gasteiger partial charge in [-0.15, -0.1) is 5.10 Å². The van der Waals surface area contributed by atoms with Crippen molar-refractivity contribution >= 4 is 11.5 Å². The largest absolute Gasteiger partial charge is 0.305 e. The summed E-state index contributed by atoms with van der Waals surface area (Å²) in [5.41, 5.74) is 1.85. The second-order valence-electron chi connectivity index (χ2n) is 4.27. The molecule has 2 rings (SSSR count). The number of nitrogens with zero attached hydrogens (tertiary/aromatic N) is 2. The molecule has 0 radical (unpaired) electrons. The Bertz CT molecular complexity index is 479. The lowest BCUT2D eigenvalue weighted by Gasteiger charge is -2.17. The Morgan fingerprint density at radius 3 is 2.83 bits per heavy atom. The van der Waals surface area contributed by atoms with Crippen molar-refractivity contribution < 1.29 is 4.39 Å². The van der Waals surface area contributed by atoms with Crippen LogP contribution in [0.5, 0.6) is 0 Å². The van der Waals surface area contributed by atoms with Gasteiger partial charge >= 0.3 is 0 Å². The first-order valence-electron chi connectivity index (χ1n) is 5.98. The average Bonchev–Trinajstić information content (AvgIpc) is 2.82. The summed E-state index contributed by atoms with van der Waals surface area (Å²) in [6.07, 6.45) is 2.76. The van der Waals surface area contributed by atoms with Crippen molar-refractivity contribution in [2.24, 2.45) is 0 Å². The van der Waals surface area contributed by atoms with Crippen molar-refractivity contribution in [3.63, 3.8) is 0 Å². The minimum absolute atomic E-state index is 0.0284. The van der Waals surface area contributed by atoms with Crippen LogP contribution in [-0.4, -0.2) is 16.1 Å². The fourth-order valence-corrected chi connectivity index (χ4v) is 2.51. The molecule has 0 amide bonds. The Balaban J connectivity index is 2.33. The first-order valence-corrected chi connectivity index (χ1v) is 6.75. The molecule has 0 fully saturated rings. The first-order chi connectivity index (χ1) is 8.70. The van der Waals surface area contributed by atoms with E-state index in [1.165, 1.54) is 17.6 Å². The average molecular weight is 265 g/mol. The molecule has 0 aliphatic rings. The molecule has 0 spiro atoms. The normalized spacial score (nSPS) is 12.6. The predicted octanol–water partition coefficient (Wildman–Crippen LogP) is 3.07. The smallest absolute Gasteiger partial charge is 0.123 e. The number of benzene rings is 1. The molecule has 3 nitrogen and oxygen atoms in total. The van der Waals surface area contributed by atoms with E-state index >= 15 is 0 Å². The summed E-state index contributed by atoms with van der Waals surface area (Å²) in [4.78, 5) is 1.01. The molecule has 0 saturated heterocycles. The number of nitrogens with one attached hydrogen (secondary N) is 1. The zero-order valence-corrected chi connectivity index (χ0v) is 11.3. The molecule has 1 atom stereocenters. The van der Waals surface area contributed by atoms with Crippen molar-refractivity contribution in [3.8, 4) is 0 Å². The van der Waals surface area contributed by atoms with Crippen LogP contribution in [0.15, 0.2) is 24.4 Å². The number of aryl methyl sites for hydroxylation is 1. The lowest BCUT2D eigenvalue weighted by molar-refractivity contribution is 0.589. The van der Waals surface area contributed by atoms with Gasteiger partial charge in [0.05, 0.1) is 17.1 Å².